The lowest BCUT2D eigenvalue weighted by Gasteiger charge is -2.02. The molecule has 2 nitrogen and oxygen atoms in total. The van der Waals surface area contributed by atoms with E-state index in [0.29, 0.717) is 12.3 Å². The van der Waals surface area contributed by atoms with Crippen LogP contribution in [0.2, 0.25) is 0 Å². The van der Waals surface area contributed by atoms with Crippen molar-refractivity contribution >= 4 is 0 Å². The van der Waals surface area contributed by atoms with Crippen molar-refractivity contribution in [3.63, 3.8) is 0 Å². The molecular formula is C20H15F2NO. The molecule has 0 atom stereocenters. The Kier molecular flexibility index (Phi) is 4.62. The zero-order chi connectivity index (χ0) is 16.9. The van der Waals surface area contributed by atoms with Gasteiger partial charge in [0.1, 0.15) is 5.75 Å². The molecule has 4 heteroatoms. The molecule has 0 bridgehead atoms. The minimum atomic E-state index is -0.866. The molecule has 3 aromatic rings. The Balaban J connectivity index is 1.75. The highest BCUT2D eigenvalue weighted by atomic mass is 19.2. The summed E-state index contributed by atoms with van der Waals surface area (Å²) < 4.78 is 32.9. The lowest BCUT2D eigenvalue weighted by Crippen LogP contribution is -1.90. The molecule has 0 aliphatic carbocycles. The Morgan fingerprint density at radius 2 is 1.33 bits per heavy atom. The van der Waals surface area contributed by atoms with Crippen molar-refractivity contribution in [2.45, 2.75) is 6.92 Å². The van der Waals surface area contributed by atoms with Crippen LogP contribution >= 0.6 is 0 Å². The van der Waals surface area contributed by atoms with Gasteiger partial charge in [-0.25, -0.2) is 8.78 Å². The molecule has 3 rings (SSSR count). The number of benzene rings is 2. The van der Waals surface area contributed by atoms with E-state index in [0.717, 1.165) is 29.3 Å². The van der Waals surface area contributed by atoms with Gasteiger partial charge in [0.25, 0.3) is 0 Å². The van der Waals surface area contributed by atoms with Crippen LogP contribution < -0.4 is 4.74 Å². The molecule has 0 amide bonds. The third kappa shape index (κ3) is 3.64. The Morgan fingerprint density at radius 1 is 0.833 bits per heavy atom. The minimum absolute atomic E-state index is 0.632. The number of nitrogens with zero attached hydrogens (tertiary/aromatic N) is 1. The molecule has 0 aliphatic heterocycles. The highest BCUT2D eigenvalue weighted by Crippen LogP contribution is 2.14. The van der Waals surface area contributed by atoms with Gasteiger partial charge in [-0.2, -0.15) is 0 Å². The van der Waals surface area contributed by atoms with E-state index in [2.05, 4.69) is 11.8 Å². The highest BCUT2D eigenvalue weighted by molar-refractivity contribution is 5.47. The first-order valence-electron chi connectivity index (χ1n) is 7.54. The second kappa shape index (κ2) is 7.01. The summed E-state index contributed by atoms with van der Waals surface area (Å²) in [5, 5.41) is 0. The lowest BCUT2D eigenvalue weighted by atomic mass is 10.1. The number of hydrogen-bond acceptors (Lipinski definition) is 1. The third-order valence-electron chi connectivity index (χ3n) is 3.41. The van der Waals surface area contributed by atoms with Crippen molar-refractivity contribution in [1.82, 2.24) is 4.57 Å². The van der Waals surface area contributed by atoms with Crippen LogP contribution in [0, 0.1) is 23.5 Å². The number of rotatable bonds is 3. The Labute approximate surface area is 139 Å². The van der Waals surface area contributed by atoms with E-state index in [-0.39, 0.29) is 0 Å². The molecule has 0 saturated carbocycles. The van der Waals surface area contributed by atoms with Crippen molar-refractivity contribution in [2.75, 3.05) is 6.61 Å². The summed E-state index contributed by atoms with van der Waals surface area (Å²) in [5.41, 5.74) is 2.38. The summed E-state index contributed by atoms with van der Waals surface area (Å²) in [6.45, 7) is 2.57. The number of ether oxygens (including phenoxy) is 1. The molecule has 0 N–H and O–H groups in total. The number of aromatic nitrogens is 1. The van der Waals surface area contributed by atoms with Gasteiger partial charge in [0.05, 0.1) is 6.61 Å². The fourth-order valence-electron chi connectivity index (χ4n) is 2.22. The lowest BCUT2D eigenvalue weighted by molar-refractivity contribution is 0.340. The standard InChI is InChI=1S/C20H15F2NO/c1-2-24-18-11-7-16(8-12-18)4-3-15-5-9-17(10-6-15)23-13-19(21)20(22)14-23/h5-14H,2H2,1H3. The Morgan fingerprint density at radius 3 is 1.83 bits per heavy atom. The van der Waals surface area contributed by atoms with Crippen molar-refractivity contribution in [1.29, 1.82) is 0 Å². The fraction of sp³-hybridized carbons (Fsp3) is 0.100. The summed E-state index contributed by atoms with van der Waals surface area (Å²) in [4.78, 5) is 0. The van der Waals surface area contributed by atoms with E-state index in [1.165, 1.54) is 4.57 Å². The van der Waals surface area contributed by atoms with Crippen LogP contribution in [-0.2, 0) is 0 Å². The predicted molar refractivity (Wildman–Crippen MR) is 89.3 cm³/mol. The van der Waals surface area contributed by atoms with Crippen LogP contribution in [0.25, 0.3) is 5.69 Å². The minimum Gasteiger partial charge on any atom is -0.494 e. The molecule has 0 fully saturated rings. The molecule has 1 aromatic heterocycles. The van der Waals surface area contributed by atoms with Gasteiger partial charge in [-0.1, -0.05) is 11.8 Å². The van der Waals surface area contributed by atoms with Crippen LogP contribution in [0.1, 0.15) is 18.1 Å². The zero-order valence-corrected chi connectivity index (χ0v) is 13.1. The summed E-state index contributed by atoms with van der Waals surface area (Å²) in [7, 11) is 0. The molecule has 120 valence electrons. The van der Waals surface area contributed by atoms with E-state index in [9.17, 15) is 8.78 Å². The first kappa shape index (κ1) is 15.8. The third-order valence-corrected chi connectivity index (χ3v) is 3.41. The molecule has 24 heavy (non-hydrogen) atoms. The predicted octanol–water partition coefficient (Wildman–Crippen LogP) is 4.55. The quantitative estimate of drug-likeness (QED) is 0.645. The molecule has 0 aliphatic rings. The van der Waals surface area contributed by atoms with Crippen LogP contribution in [-0.4, -0.2) is 11.2 Å². The molecule has 0 saturated heterocycles. The van der Waals surface area contributed by atoms with Crippen LogP contribution in [0.15, 0.2) is 60.9 Å². The zero-order valence-electron chi connectivity index (χ0n) is 13.1. The molecule has 2 aromatic carbocycles. The second-order valence-corrected chi connectivity index (χ2v) is 5.12. The van der Waals surface area contributed by atoms with Crippen LogP contribution in [0.5, 0.6) is 5.75 Å². The van der Waals surface area contributed by atoms with Gasteiger partial charge >= 0.3 is 0 Å². The fourth-order valence-corrected chi connectivity index (χ4v) is 2.22. The van der Waals surface area contributed by atoms with E-state index in [4.69, 9.17) is 4.74 Å². The highest BCUT2D eigenvalue weighted by Gasteiger charge is 2.06. The molecule has 0 unspecified atom stereocenters. The van der Waals surface area contributed by atoms with Crippen LogP contribution in [0.3, 0.4) is 0 Å². The van der Waals surface area contributed by atoms with Gasteiger partial charge in [0.2, 0.25) is 0 Å². The summed E-state index contributed by atoms with van der Waals surface area (Å²) >= 11 is 0. The first-order chi connectivity index (χ1) is 11.7. The number of halogens is 2. The SMILES string of the molecule is CCOc1ccc(C#Cc2ccc(-n3cc(F)c(F)c3)cc2)cc1. The van der Waals surface area contributed by atoms with Gasteiger partial charge in [0, 0.05) is 29.2 Å². The molecular weight excluding hydrogens is 308 g/mol. The maximum atomic E-state index is 13.1. The van der Waals surface area contributed by atoms with E-state index in [1.807, 2.05) is 43.3 Å². The average Bonchev–Trinajstić information content (AvgIpc) is 2.94. The summed E-state index contributed by atoms with van der Waals surface area (Å²) in [6, 6.07) is 14.7. The Bertz CT molecular complexity index is 865. The van der Waals surface area contributed by atoms with Gasteiger partial charge < -0.3 is 9.30 Å². The van der Waals surface area contributed by atoms with Gasteiger partial charge in [-0.15, -0.1) is 0 Å². The maximum Gasteiger partial charge on any atom is 0.176 e. The van der Waals surface area contributed by atoms with Gasteiger partial charge in [0.15, 0.2) is 11.6 Å². The smallest absolute Gasteiger partial charge is 0.176 e. The Hall–Kier alpha value is -3.06. The monoisotopic (exact) mass is 323 g/mol. The van der Waals surface area contributed by atoms with Crippen molar-refractivity contribution in [3.05, 3.63) is 83.7 Å². The largest absolute Gasteiger partial charge is 0.494 e. The van der Waals surface area contributed by atoms with Crippen molar-refractivity contribution < 1.29 is 13.5 Å². The van der Waals surface area contributed by atoms with Gasteiger partial charge in [-0.3, -0.25) is 0 Å². The van der Waals surface area contributed by atoms with E-state index < -0.39 is 11.6 Å². The number of hydrogen-bond donors (Lipinski definition) is 0. The van der Waals surface area contributed by atoms with Gasteiger partial charge in [-0.05, 0) is 55.5 Å². The molecule has 0 spiro atoms. The normalized spacial score (nSPS) is 10.1. The van der Waals surface area contributed by atoms with Crippen LogP contribution in [0.4, 0.5) is 8.78 Å². The molecule has 0 radical (unpaired) electrons. The summed E-state index contributed by atoms with van der Waals surface area (Å²) in [6.07, 6.45) is 2.21. The van der Waals surface area contributed by atoms with Crippen molar-refractivity contribution in [3.8, 4) is 23.3 Å². The molecule has 1 heterocycles. The van der Waals surface area contributed by atoms with E-state index >= 15 is 0 Å². The maximum absolute atomic E-state index is 13.1. The summed E-state index contributed by atoms with van der Waals surface area (Å²) in [5.74, 6) is 5.22. The van der Waals surface area contributed by atoms with Crippen molar-refractivity contribution in [2.24, 2.45) is 0 Å². The second-order valence-electron chi connectivity index (χ2n) is 5.12. The first-order valence-corrected chi connectivity index (χ1v) is 7.54. The average molecular weight is 323 g/mol. The van der Waals surface area contributed by atoms with E-state index in [1.54, 1.807) is 12.1 Å². The topological polar surface area (TPSA) is 14.2 Å².